The summed E-state index contributed by atoms with van der Waals surface area (Å²) in [5, 5.41) is 5.99. The number of amides is 1. The van der Waals surface area contributed by atoms with E-state index in [9.17, 15) is 18.0 Å². The molecule has 1 aliphatic heterocycles. The maximum absolute atomic E-state index is 12.5. The van der Waals surface area contributed by atoms with Crippen LogP contribution in [-0.2, 0) is 17.4 Å². The van der Waals surface area contributed by atoms with Crippen LogP contribution in [0.25, 0.3) is 0 Å². The van der Waals surface area contributed by atoms with Gasteiger partial charge in [0.1, 0.15) is 0 Å². The largest absolute Gasteiger partial charge is 0.416 e. The van der Waals surface area contributed by atoms with Gasteiger partial charge in [0.15, 0.2) is 5.13 Å². The Morgan fingerprint density at radius 1 is 1.23 bits per heavy atom. The zero-order chi connectivity index (χ0) is 18.6. The molecular weight excluding hydrogens is 363 g/mol. The van der Waals surface area contributed by atoms with Gasteiger partial charge in [-0.15, -0.1) is 11.3 Å². The zero-order valence-electron chi connectivity index (χ0n) is 14.1. The highest BCUT2D eigenvalue weighted by Gasteiger charge is 2.30. The Morgan fingerprint density at radius 3 is 2.50 bits per heavy atom. The second-order valence-electron chi connectivity index (χ2n) is 6.34. The number of carbonyl (C=O) groups is 1. The smallest absolute Gasteiger partial charge is 0.353 e. The van der Waals surface area contributed by atoms with E-state index in [2.05, 4.69) is 15.2 Å². The van der Waals surface area contributed by atoms with Crippen molar-refractivity contribution in [2.45, 2.75) is 37.9 Å². The minimum Gasteiger partial charge on any atom is -0.353 e. The minimum atomic E-state index is -4.33. The standard InChI is InChI=1S/C18H20F3N3OS/c19-18(20,21)14-4-1-13(2-5-14)3-6-16(25)23-15-7-10-24(11-8-15)17-22-9-12-26-17/h1-2,4-5,9,12,15H,3,6-8,10-11H2,(H,23,25). The van der Waals surface area contributed by atoms with Crippen molar-refractivity contribution in [3.63, 3.8) is 0 Å². The molecule has 0 atom stereocenters. The molecule has 3 rings (SSSR count). The third kappa shape index (κ3) is 4.97. The summed E-state index contributed by atoms with van der Waals surface area (Å²) in [5.41, 5.74) is 0.0597. The highest BCUT2D eigenvalue weighted by Crippen LogP contribution is 2.29. The van der Waals surface area contributed by atoms with Crippen molar-refractivity contribution < 1.29 is 18.0 Å². The molecule has 0 spiro atoms. The number of thiazole rings is 1. The maximum atomic E-state index is 12.5. The number of nitrogens with one attached hydrogen (secondary N) is 1. The lowest BCUT2D eigenvalue weighted by atomic mass is 10.0. The van der Waals surface area contributed by atoms with E-state index >= 15 is 0 Å². The average molecular weight is 383 g/mol. The summed E-state index contributed by atoms with van der Waals surface area (Å²) in [5.74, 6) is -0.0578. The number of rotatable bonds is 5. The Kier molecular flexibility index (Phi) is 5.80. The lowest BCUT2D eigenvalue weighted by molar-refractivity contribution is -0.137. The number of hydrogen-bond acceptors (Lipinski definition) is 4. The van der Waals surface area contributed by atoms with E-state index in [1.54, 1.807) is 17.5 Å². The molecule has 140 valence electrons. The van der Waals surface area contributed by atoms with E-state index in [-0.39, 0.29) is 18.4 Å². The summed E-state index contributed by atoms with van der Waals surface area (Å²) in [6.45, 7) is 1.72. The van der Waals surface area contributed by atoms with Gasteiger partial charge in [-0.05, 0) is 37.0 Å². The number of anilines is 1. The Labute approximate surface area is 154 Å². The van der Waals surface area contributed by atoms with Crippen LogP contribution in [0.4, 0.5) is 18.3 Å². The molecule has 0 radical (unpaired) electrons. The number of nitrogens with zero attached hydrogens (tertiary/aromatic N) is 2. The molecule has 2 heterocycles. The summed E-state index contributed by atoms with van der Waals surface area (Å²) in [6, 6.07) is 5.13. The van der Waals surface area contributed by atoms with E-state index in [4.69, 9.17) is 0 Å². The van der Waals surface area contributed by atoms with Crippen molar-refractivity contribution in [2.75, 3.05) is 18.0 Å². The van der Waals surface area contributed by atoms with Crippen LogP contribution in [0.5, 0.6) is 0 Å². The first kappa shape index (κ1) is 18.7. The van der Waals surface area contributed by atoms with Gasteiger partial charge >= 0.3 is 6.18 Å². The van der Waals surface area contributed by atoms with Crippen molar-refractivity contribution in [2.24, 2.45) is 0 Å². The van der Waals surface area contributed by atoms with Crippen LogP contribution in [0.2, 0.25) is 0 Å². The van der Waals surface area contributed by atoms with E-state index < -0.39 is 11.7 Å². The fraction of sp³-hybridized carbons (Fsp3) is 0.444. The highest BCUT2D eigenvalue weighted by molar-refractivity contribution is 7.13. The predicted octanol–water partition coefficient (Wildman–Crippen LogP) is 3.88. The Morgan fingerprint density at radius 2 is 1.92 bits per heavy atom. The van der Waals surface area contributed by atoms with Crippen LogP contribution in [0.15, 0.2) is 35.8 Å². The molecule has 4 nitrogen and oxygen atoms in total. The van der Waals surface area contributed by atoms with Gasteiger partial charge in [-0.2, -0.15) is 13.2 Å². The van der Waals surface area contributed by atoms with Gasteiger partial charge in [-0.25, -0.2) is 4.98 Å². The summed E-state index contributed by atoms with van der Waals surface area (Å²) in [6.07, 6.45) is -0.101. The average Bonchev–Trinajstić information content (AvgIpc) is 3.15. The number of alkyl halides is 3. The monoisotopic (exact) mass is 383 g/mol. The van der Waals surface area contributed by atoms with Gasteiger partial charge in [0.25, 0.3) is 0 Å². The van der Waals surface area contributed by atoms with Crippen molar-refractivity contribution >= 4 is 22.4 Å². The topological polar surface area (TPSA) is 45.2 Å². The zero-order valence-corrected chi connectivity index (χ0v) is 14.9. The van der Waals surface area contributed by atoms with Gasteiger partial charge in [-0.1, -0.05) is 12.1 Å². The number of piperidine rings is 1. The molecule has 1 amide bonds. The molecule has 1 N–H and O–H groups in total. The van der Waals surface area contributed by atoms with E-state index in [0.717, 1.165) is 48.8 Å². The number of aryl methyl sites for hydroxylation is 1. The van der Waals surface area contributed by atoms with Crippen LogP contribution in [0.3, 0.4) is 0 Å². The molecule has 0 bridgehead atoms. The lowest BCUT2D eigenvalue weighted by Gasteiger charge is -2.32. The van der Waals surface area contributed by atoms with Crippen molar-refractivity contribution in [3.05, 3.63) is 47.0 Å². The Balaban J connectivity index is 1.41. The van der Waals surface area contributed by atoms with Crippen LogP contribution < -0.4 is 10.2 Å². The molecule has 1 aromatic carbocycles. The number of carbonyl (C=O) groups excluding carboxylic acids is 1. The van der Waals surface area contributed by atoms with Crippen molar-refractivity contribution in [1.82, 2.24) is 10.3 Å². The molecule has 1 saturated heterocycles. The van der Waals surface area contributed by atoms with Crippen LogP contribution in [-0.4, -0.2) is 30.0 Å². The molecule has 1 aromatic heterocycles. The molecule has 0 saturated carbocycles. The second-order valence-corrected chi connectivity index (χ2v) is 7.21. The number of aromatic nitrogens is 1. The first-order valence-corrected chi connectivity index (χ1v) is 9.40. The summed E-state index contributed by atoms with van der Waals surface area (Å²) >= 11 is 1.61. The SMILES string of the molecule is O=C(CCc1ccc(C(F)(F)F)cc1)NC1CCN(c2nccs2)CC1. The number of hydrogen-bond donors (Lipinski definition) is 1. The molecule has 0 unspecified atom stereocenters. The predicted molar refractivity (Wildman–Crippen MR) is 95.3 cm³/mol. The van der Waals surface area contributed by atoms with Gasteiger partial charge in [0.05, 0.1) is 5.56 Å². The molecule has 26 heavy (non-hydrogen) atoms. The van der Waals surface area contributed by atoms with Crippen LogP contribution >= 0.6 is 11.3 Å². The normalized spacial score (nSPS) is 15.9. The summed E-state index contributed by atoms with van der Waals surface area (Å²) in [4.78, 5) is 18.6. The quantitative estimate of drug-likeness (QED) is 0.852. The van der Waals surface area contributed by atoms with Crippen LogP contribution in [0, 0.1) is 0 Å². The van der Waals surface area contributed by atoms with Crippen molar-refractivity contribution in [1.29, 1.82) is 0 Å². The van der Waals surface area contributed by atoms with Crippen LogP contribution in [0.1, 0.15) is 30.4 Å². The molecule has 1 fully saturated rings. The number of benzene rings is 1. The summed E-state index contributed by atoms with van der Waals surface area (Å²) in [7, 11) is 0. The van der Waals surface area contributed by atoms with E-state index in [1.807, 2.05) is 5.38 Å². The fourth-order valence-electron chi connectivity index (χ4n) is 3.01. The number of halogens is 3. The fourth-order valence-corrected chi connectivity index (χ4v) is 3.70. The summed E-state index contributed by atoms with van der Waals surface area (Å²) < 4.78 is 37.6. The van der Waals surface area contributed by atoms with Gasteiger partial charge in [-0.3, -0.25) is 4.79 Å². The lowest BCUT2D eigenvalue weighted by Crippen LogP contribution is -2.44. The molecule has 0 aliphatic carbocycles. The highest BCUT2D eigenvalue weighted by atomic mass is 32.1. The minimum absolute atomic E-state index is 0.0578. The van der Waals surface area contributed by atoms with Gasteiger partial charge in [0.2, 0.25) is 5.91 Å². The maximum Gasteiger partial charge on any atom is 0.416 e. The first-order valence-electron chi connectivity index (χ1n) is 8.52. The Hall–Kier alpha value is -2.09. The van der Waals surface area contributed by atoms with E-state index in [0.29, 0.717) is 6.42 Å². The molecule has 1 aliphatic rings. The van der Waals surface area contributed by atoms with E-state index in [1.165, 1.54) is 12.1 Å². The first-order chi connectivity index (χ1) is 12.4. The molecular formula is C18H20F3N3OS. The van der Waals surface area contributed by atoms with Gasteiger partial charge < -0.3 is 10.2 Å². The molecule has 2 aromatic rings. The second kappa shape index (κ2) is 8.07. The third-order valence-corrected chi connectivity index (χ3v) is 5.30. The molecule has 8 heteroatoms. The van der Waals surface area contributed by atoms with Crippen molar-refractivity contribution in [3.8, 4) is 0 Å². The van der Waals surface area contributed by atoms with Gasteiger partial charge in [0, 0.05) is 37.1 Å². The Bertz CT molecular complexity index is 708. The third-order valence-electron chi connectivity index (χ3n) is 4.47.